The van der Waals surface area contributed by atoms with E-state index in [4.69, 9.17) is 0 Å². The first-order valence-electron chi connectivity index (χ1n) is 8.31. The van der Waals surface area contributed by atoms with Crippen LogP contribution in [0.25, 0.3) is 20.3 Å². The van der Waals surface area contributed by atoms with Gasteiger partial charge in [0, 0.05) is 29.0 Å². The van der Waals surface area contributed by atoms with Gasteiger partial charge < -0.3 is 15.4 Å². The second-order valence-corrected chi connectivity index (χ2v) is 7.90. The van der Waals surface area contributed by atoms with Crippen molar-refractivity contribution in [1.29, 1.82) is 0 Å². The summed E-state index contributed by atoms with van der Waals surface area (Å²) in [7, 11) is 0. The molecule has 0 saturated carbocycles. The quantitative estimate of drug-likeness (QED) is 0.461. The number of imidazole rings is 1. The number of rotatable bonds is 6. The van der Waals surface area contributed by atoms with E-state index in [1.165, 1.54) is 14.3 Å². The zero-order valence-corrected chi connectivity index (χ0v) is 16.1. The van der Waals surface area contributed by atoms with Gasteiger partial charge in [-0.25, -0.2) is 14.8 Å². The number of hydrogen-bond donors (Lipinski definition) is 3. The van der Waals surface area contributed by atoms with E-state index < -0.39 is 0 Å². The summed E-state index contributed by atoms with van der Waals surface area (Å²) in [6.07, 6.45) is 1.71. The fourth-order valence-electron chi connectivity index (χ4n) is 2.68. The molecule has 0 unspecified atom stereocenters. The zero-order chi connectivity index (χ0) is 18.8. The Bertz CT molecular complexity index is 1110. The lowest BCUT2D eigenvalue weighted by molar-refractivity contribution is 0.413. The normalized spacial score (nSPS) is 11.0. The van der Waals surface area contributed by atoms with Crippen LogP contribution < -0.4 is 11.0 Å². The van der Waals surface area contributed by atoms with Gasteiger partial charge in [-0.3, -0.25) is 4.57 Å². The number of thiophene rings is 2. The Morgan fingerprint density at radius 2 is 2.07 bits per heavy atom. The molecule has 9 heteroatoms. The Balaban J connectivity index is 1.46. The zero-order valence-electron chi connectivity index (χ0n) is 14.5. The molecule has 4 heterocycles. The average Bonchev–Trinajstić information content (AvgIpc) is 3.39. The summed E-state index contributed by atoms with van der Waals surface area (Å²) in [6.45, 7) is 2.38. The molecule has 4 aromatic rings. The minimum Gasteiger partial charge on any atom is -0.493 e. The molecule has 0 fully saturated rings. The number of aromatic amines is 1. The second kappa shape index (κ2) is 7.37. The monoisotopic (exact) mass is 399 g/mol. The topological polar surface area (TPSA) is 95.8 Å². The minimum atomic E-state index is -0.332. The fraction of sp³-hybridized carbons (Fsp3) is 0.167. The highest BCUT2D eigenvalue weighted by molar-refractivity contribution is 7.23. The maximum Gasteiger partial charge on any atom is 0.328 e. The fourth-order valence-corrected chi connectivity index (χ4v) is 4.49. The smallest absolute Gasteiger partial charge is 0.328 e. The van der Waals surface area contributed by atoms with Crippen molar-refractivity contribution in [2.75, 3.05) is 11.9 Å². The van der Waals surface area contributed by atoms with Crippen LogP contribution in [0.5, 0.6) is 5.88 Å². The van der Waals surface area contributed by atoms with Crippen LogP contribution in [0.1, 0.15) is 5.69 Å². The molecule has 0 saturated heterocycles. The number of aromatic hydroxyl groups is 1. The molecule has 4 aromatic heterocycles. The van der Waals surface area contributed by atoms with Gasteiger partial charge in [-0.2, -0.15) is 0 Å². The van der Waals surface area contributed by atoms with Crippen LogP contribution in [0.3, 0.4) is 0 Å². The highest BCUT2D eigenvalue weighted by Crippen LogP contribution is 2.35. The largest absolute Gasteiger partial charge is 0.493 e. The van der Waals surface area contributed by atoms with Crippen LogP contribution in [-0.2, 0) is 6.54 Å². The van der Waals surface area contributed by atoms with E-state index in [0.29, 0.717) is 24.7 Å². The van der Waals surface area contributed by atoms with Crippen molar-refractivity contribution in [2.45, 2.75) is 13.5 Å². The number of anilines is 1. The van der Waals surface area contributed by atoms with Crippen LogP contribution in [0, 0.1) is 6.92 Å². The number of nitrogens with one attached hydrogen (secondary N) is 2. The van der Waals surface area contributed by atoms with Gasteiger partial charge >= 0.3 is 5.69 Å². The molecular formula is C18H17N5O2S2. The van der Waals surface area contributed by atoms with Crippen molar-refractivity contribution in [3.05, 3.63) is 58.1 Å². The predicted molar refractivity (Wildman–Crippen MR) is 109 cm³/mol. The lowest BCUT2D eigenvalue weighted by Crippen LogP contribution is -2.21. The molecule has 0 amide bonds. The molecule has 0 aromatic carbocycles. The van der Waals surface area contributed by atoms with E-state index in [9.17, 15) is 9.90 Å². The van der Waals surface area contributed by atoms with Crippen LogP contribution in [-0.4, -0.2) is 31.2 Å². The van der Waals surface area contributed by atoms with Crippen LogP contribution in [0.4, 0.5) is 5.95 Å². The highest BCUT2D eigenvalue weighted by Gasteiger charge is 2.10. The van der Waals surface area contributed by atoms with Crippen molar-refractivity contribution in [1.82, 2.24) is 19.5 Å². The average molecular weight is 400 g/mol. The molecule has 0 aliphatic carbocycles. The van der Waals surface area contributed by atoms with Crippen LogP contribution in [0.2, 0.25) is 0 Å². The minimum absolute atomic E-state index is 0.0452. The molecule has 0 bridgehead atoms. The Kier molecular flexibility index (Phi) is 4.78. The Morgan fingerprint density at radius 1 is 1.22 bits per heavy atom. The summed E-state index contributed by atoms with van der Waals surface area (Å²) in [5.41, 5.74) is 0.969. The Hall–Kier alpha value is -2.91. The third kappa shape index (κ3) is 3.64. The molecule has 0 spiro atoms. The molecule has 138 valence electrons. The van der Waals surface area contributed by atoms with Crippen LogP contribution in [0.15, 0.2) is 46.7 Å². The lowest BCUT2D eigenvalue weighted by atomic mass is 10.3. The number of aromatic nitrogens is 4. The van der Waals surface area contributed by atoms with Gasteiger partial charge in [0.15, 0.2) is 0 Å². The molecule has 0 radical (unpaired) electrons. The Morgan fingerprint density at radius 3 is 2.81 bits per heavy atom. The number of hydrogen-bond acceptors (Lipinski definition) is 7. The summed E-state index contributed by atoms with van der Waals surface area (Å²) >= 11 is 3.40. The van der Waals surface area contributed by atoms with Gasteiger partial charge in [0.05, 0.1) is 16.3 Å². The first-order chi connectivity index (χ1) is 13.1. The van der Waals surface area contributed by atoms with Crippen molar-refractivity contribution >= 4 is 28.6 Å². The Labute approximate surface area is 163 Å². The summed E-state index contributed by atoms with van der Waals surface area (Å²) < 4.78 is 1.28. The molecule has 0 aliphatic rings. The van der Waals surface area contributed by atoms with Crippen molar-refractivity contribution in [2.24, 2.45) is 0 Å². The molecule has 0 aliphatic heterocycles. The number of aryl methyl sites for hydroxylation is 1. The maximum atomic E-state index is 11.7. The highest BCUT2D eigenvalue weighted by atomic mass is 32.1. The van der Waals surface area contributed by atoms with Crippen LogP contribution >= 0.6 is 22.7 Å². The van der Waals surface area contributed by atoms with Gasteiger partial charge in [0.25, 0.3) is 0 Å². The van der Waals surface area contributed by atoms with Gasteiger partial charge in [-0.05, 0) is 36.6 Å². The van der Waals surface area contributed by atoms with Crippen molar-refractivity contribution in [3.8, 4) is 26.2 Å². The second-order valence-electron chi connectivity index (χ2n) is 5.86. The van der Waals surface area contributed by atoms with Crippen molar-refractivity contribution < 1.29 is 5.11 Å². The summed E-state index contributed by atoms with van der Waals surface area (Å²) in [5, 5.41) is 15.0. The van der Waals surface area contributed by atoms with Gasteiger partial charge in [-0.1, -0.05) is 6.07 Å². The first kappa shape index (κ1) is 17.5. The standard InChI is InChI=1S/C18H17N5O2S2/c1-11-16(24)23(18(25)21-11)9-8-20-17-19-7-6-12(22-17)13-4-5-15(27-13)14-3-2-10-26-14/h2-7,10,24H,8-9H2,1H3,(H,21,25)(H,19,20,22). The number of H-pyrrole nitrogens is 1. The SMILES string of the molecule is Cc1[nH]c(=O)n(CCNc2nccc(-c3ccc(-c4cccs4)s3)n2)c1O. The molecule has 27 heavy (non-hydrogen) atoms. The summed E-state index contributed by atoms with van der Waals surface area (Å²) in [4.78, 5) is 26.6. The van der Waals surface area contributed by atoms with E-state index >= 15 is 0 Å². The predicted octanol–water partition coefficient (Wildman–Crippen LogP) is 3.55. The third-order valence-electron chi connectivity index (χ3n) is 4.03. The first-order valence-corrected chi connectivity index (χ1v) is 10.0. The molecule has 7 nitrogen and oxygen atoms in total. The van der Waals surface area contributed by atoms with E-state index in [-0.39, 0.29) is 11.6 Å². The van der Waals surface area contributed by atoms with E-state index in [1.54, 1.807) is 35.8 Å². The van der Waals surface area contributed by atoms with E-state index in [1.807, 2.05) is 12.1 Å². The summed E-state index contributed by atoms with van der Waals surface area (Å²) in [5.74, 6) is 0.439. The van der Waals surface area contributed by atoms with E-state index in [2.05, 4.69) is 43.8 Å². The lowest BCUT2D eigenvalue weighted by Gasteiger charge is -2.07. The maximum absolute atomic E-state index is 11.7. The summed E-state index contributed by atoms with van der Waals surface area (Å²) in [6, 6.07) is 10.2. The third-order valence-corrected chi connectivity index (χ3v) is 6.20. The number of nitrogens with zero attached hydrogens (tertiary/aromatic N) is 3. The van der Waals surface area contributed by atoms with Gasteiger partial charge in [0.1, 0.15) is 0 Å². The van der Waals surface area contributed by atoms with Gasteiger partial charge in [-0.15, -0.1) is 22.7 Å². The molecule has 0 atom stereocenters. The van der Waals surface area contributed by atoms with Crippen molar-refractivity contribution in [3.63, 3.8) is 0 Å². The molecule has 3 N–H and O–H groups in total. The van der Waals surface area contributed by atoms with Gasteiger partial charge in [0.2, 0.25) is 11.8 Å². The molecule has 4 rings (SSSR count). The molecular weight excluding hydrogens is 382 g/mol. The van der Waals surface area contributed by atoms with E-state index in [0.717, 1.165) is 10.6 Å².